The maximum absolute atomic E-state index is 13.2. The lowest BCUT2D eigenvalue weighted by Crippen LogP contribution is -2.28. The van der Waals surface area contributed by atoms with Crippen LogP contribution in [0.5, 0.6) is 0 Å². The number of halogens is 2. The Balaban J connectivity index is 1.53. The predicted molar refractivity (Wildman–Crippen MR) is 95.4 cm³/mol. The van der Waals surface area contributed by atoms with Gasteiger partial charge in [0, 0.05) is 16.3 Å². The summed E-state index contributed by atoms with van der Waals surface area (Å²) in [6.07, 6.45) is 0. The van der Waals surface area contributed by atoms with E-state index >= 15 is 0 Å². The summed E-state index contributed by atoms with van der Waals surface area (Å²) in [5.41, 5.74) is 0.846. The van der Waals surface area contributed by atoms with Crippen LogP contribution in [0.3, 0.4) is 0 Å². The molecule has 0 unspecified atom stereocenters. The smallest absolute Gasteiger partial charge is 0.348 e. The lowest BCUT2D eigenvalue weighted by molar-refractivity contribution is -0.124. The van der Waals surface area contributed by atoms with Crippen molar-refractivity contribution in [2.45, 2.75) is 6.54 Å². The summed E-state index contributed by atoms with van der Waals surface area (Å²) in [7, 11) is 0. The van der Waals surface area contributed by atoms with Gasteiger partial charge in [-0.15, -0.1) is 11.3 Å². The quantitative estimate of drug-likeness (QED) is 0.679. The van der Waals surface area contributed by atoms with Crippen LogP contribution in [-0.4, -0.2) is 18.5 Å². The van der Waals surface area contributed by atoms with E-state index < -0.39 is 11.9 Å². The molecule has 0 aliphatic carbocycles. The molecule has 3 aromatic rings. The molecule has 7 heteroatoms. The Labute approximate surface area is 152 Å². The number of carbonyl (C=O) groups is 2. The Morgan fingerprint density at radius 3 is 2.80 bits per heavy atom. The maximum Gasteiger partial charge on any atom is 0.348 e. The Kier molecular flexibility index (Phi) is 5.31. The average molecular weight is 378 g/mol. The van der Waals surface area contributed by atoms with Gasteiger partial charge in [0.2, 0.25) is 0 Å². The number of amides is 1. The molecule has 3 rings (SSSR count). The summed E-state index contributed by atoms with van der Waals surface area (Å²) in [6, 6.07) is 12.9. The molecule has 0 bridgehead atoms. The minimum Gasteiger partial charge on any atom is -0.451 e. The fourth-order valence-corrected chi connectivity index (χ4v) is 3.37. The molecule has 0 saturated heterocycles. The van der Waals surface area contributed by atoms with Crippen LogP contribution in [0.25, 0.3) is 10.1 Å². The predicted octanol–water partition coefficient (Wildman–Crippen LogP) is 4.17. The largest absolute Gasteiger partial charge is 0.451 e. The van der Waals surface area contributed by atoms with Crippen molar-refractivity contribution in [1.82, 2.24) is 5.32 Å². The molecule has 0 aliphatic rings. The van der Waals surface area contributed by atoms with Gasteiger partial charge in [-0.1, -0.05) is 23.7 Å². The number of esters is 1. The second-order valence-corrected chi connectivity index (χ2v) is 6.80. The first-order chi connectivity index (χ1) is 12.0. The Bertz CT molecular complexity index is 941. The van der Waals surface area contributed by atoms with Gasteiger partial charge in [0.1, 0.15) is 10.7 Å². The first-order valence-electron chi connectivity index (χ1n) is 7.38. The van der Waals surface area contributed by atoms with Crippen molar-refractivity contribution in [1.29, 1.82) is 0 Å². The SMILES string of the molecule is O=C(COC(=O)c1cc2cc(F)ccc2s1)NCc1cccc(Cl)c1. The maximum atomic E-state index is 13.2. The summed E-state index contributed by atoms with van der Waals surface area (Å²) in [4.78, 5) is 24.1. The van der Waals surface area contributed by atoms with Gasteiger partial charge in [-0.2, -0.15) is 0 Å². The van der Waals surface area contributed by atoms with Crippen LogP contribution in [0.2, 0.25) is 5.02 Å². The Morgan fingerprint density at radius 2 is 2.00 bits per heavy atom. The first-order valence-corrected chi connectivity index (χ1v) is 8.58. The summed E-state index contributed by atoms with van der Waals surface area (Å²) < 4.78 is 19.0. The van der Waals surface area contributed by atoms with Crippen molar-refractivity contribution >= 4 is 44.9 Å². The third-order valence-corrected chi connectivity index (χ3v) is 4.72. The first kappa shape index (κ1) is 17.4. The monoisotopic (exact) mass is 377 g/mol. The van der Waals surface area contributed by atoms with E-state index in [9.17, 15) is 14.0 Å². The molecule has 128 valence electrons. The number of rotatable bonds is 5. The molecule has 1 amide bonds. The number of hydrogen-bond donors (Lipinski definition) is 1. The van der Waals surface area contributed by atoms with E-state index in [0.29, 0.717) is 21.8 Å². The lowest BCUT2D eigenvalue weighted by Gasteiger charge is -2.06. The Morgan fingerprint density at radius 1 is 1.16 bits per heavy atom. The number of hydrogen-bond acceptors (Lipinski definition) is 4. The van der Waals surface area contributed by atoms with Crippen molar-refractivity contribution in [2.75, 3.05) is 6.61 Å². The van der Waals surface area contributed by atoms with Crippen molar-refractivity contribution < 1.29 is 18.7 Å². The van der Waals surface area contributed by atoms with Gasteiger partial charge < -0.3 is 10.1 Å². The second-order valence-electron chi connectivity index (χ2n) is 5.28. The molecule has 0 fully saturated rings. The molecule has 2 aromatic carbocycles. The molecule has 0 spiro atoms. The van der Waals surface area contributed by atoms with Crippen molar-refractivity contribution in [3.05, 3.63) is 69.8 Å². The number of carbonyl (C=O) groups excluding carboxylic acids is 2. The van der Waals surface area contributed by atoms with Gasteiger partial charge in [-0.3, -0.25) is 4.79 Å². The van der Waals surface area contributed by atoms with Crippen LogP contribution >= 0.6 is 22.9 Å². The molecule has 0 aliphatic heterocycles. The zero-order valence-corrected chi connectivity index (χ0v) is 14.5. The van der Waals surface area contributed by atoms with Crippen molar-refractivity contribution in [3.63, 3.8) is 0 Å². The number of nitrogens with one attached hydrogen (secondary N) is 1. The standard InChI is InChI=1S/C18H13ClFNO3S/c19-13-3-1-2-11(6-13)9-21-17(22)10-24-18(23)16-8-12-7-14(20)4-5-15(12)25-16/h1-8H,9-10H2,(H,21,22). The van der Waals surface area contributed by atoms with Gasteiger partial charge in [-0.25, -0.2) is 9.18 Å². The number of ether oxygens (including phenoxy) is 1. The summed E-state index contributed by atoms with van der Waals surface area (Å²) in [5.74, 6) is -1.40. The van der Waals surface area contributed by atoms with E-state index in [1.807, 2.05) is 6.07 Å². The van der Waals surface area contributed by atoms with E-state index in [2.05, 4.69) is 5.32 Å². The highest BCUT2D eigenvalue weighted by Crippen LogP contribution is 2.26. The lowest BCUT2D eigenvalue weighted by atomic mass is 10.2. The molecule has 0 atom stereocenters. The van der Waals surface area contributed by atoms with E-state index in [-0.39, 0.29) is 12.4 Å². The van der Waals surface area contributed by atoms with Crippen molar-refractivity contribution in [2.24, 2.45) is 0 Å². The van der Waals surface area contributed by atoms with Crippen LogP contribution < -0.4 is 5.32 Å². The molecular weight excluding hydrogens is 365 g/mol. The van der Waals surface area contributed by atoms with Gasteiger partial charge in [0.25, 0.3) is 5.91 Å². The molecule has 1 N–H and O–H groups in total. The molecule has 1 aromatic heterocycles. The Hall–Kier alpha value is -2.44. The highest BCUT2D eigenvalue weighted by atomic mass is 35.5. The molecule has 0 radical (unpaired) electrons. The van der Waals surface area contributed by atoms with Gasteiger partial charge >= 0.3 is 5.97 Å². The number of thiophene rings is 1. The molecule has 1 heterocycles. The minimum atomic E-state index is -0.612. The van der Waals surface area contributed by atoms with Crippen LogP contribution in [0, 0.1) is 5.82 Å². The molecule has 0 saturated carbocycles. The molecular formula is C18H13ClFNO3S. The molecule has 4 nitrogen and oxygen atoms in total. The normalized spacial score (nSPS) is 10.6. The van der Waals surface area contributed by atoms with Gasteiger partial charge in [0.05, 0.1) is 0 Å². The van der Waals surface area contributed by atoms with Crippen LogP contribution in [0.4, 0.5) is 4.39 Å². The highest BCUT2D eigenvalue weighted by molar-refractivity contribution is 7.20. The highest BCUT2D eigenvalue weighted by Gasteiger charge is 2.14. The zero-order valence-electron chi connectivity index (χ0n) is 12.9. The zero-order chi connectivity index (χ0) is 17.8. The number of fused-ring (bicyclic) bond motifs is 1. The van der Waals surface area contributed by atoms with Crippen LogP contribution in [0.1, 0.15) is 15.2 Å². The second kappa shape index (κ2) is 7.63. The summed E-state index contributed by atoms with van der Waals surface area (Å²) in [5, 5.41) is 3.86. The van der Waals surface area contributed by atoms with E-state index in [1.54, 1.807) is 30.3 Å². The van der Waals surface area contributed by atoms with Crippen LogP contribution in [0.15, 0.2) is 48.5 Å². The third-order valence-electron chi connectivity index (χ3n) is 3.39. The van der Waals surface area contributed by atoms with Crippen molar-refractivity contribution in [3.8, 4) is 0 Å². The van der Waals surface area contributed by atoms with E-state index in [4.69, 9.17) is 16.3 Å². The fourth-order valence-electron chi connectivity index (χ4n) is 2.22. The average Bonchev–Trinajstić information content (AvgIpc) is 3.01. The number of benzene rings is 2. The third kappa shape index (κ3) is 4.55. The summed E-state index contributed by atoms with van der Waals surface area (Å²) in [6.45, 7) is -0.0961. The van der Waals surface area contributed by atoms with Gasteiger partial charge in [0.15, 0.2) is 6.61 Å². The van der Waals surface area contributed by atoms with E-state index in [0.717, 1.165) is 10.3 Å². The summed E-state index contributed by atoms with van der Waals surface area (Å²) >= 11 is 7.06. The topological polar surface area (TPSA) is 55.4 Å². The minimum absolute atomic E-state index is 0.291. The molecule has 25 heavy (non-hydrogen) atoms. The van der Waals surface area contributed by atoms with Gasteiger partial charge in [-0.05, 0) is 47.3 Å². The van der Waals surface area contributed by atoms with Crippen LogP contribution in [-0.2, 0) is 16.1 Å². The fraction of sp³-hybridized carbons (Fsp3) is 0.111. The van der Waals surface area contributed by atoms with E-state index in [1.165, 1.54) is 23.5 Å².